The zero-order valence-corrected chi connectivity index (χ0v) is 17.2. The Balaban J connectivity index is 1.54. The van der Waals surface area contributed by atoms with E-state index in [-0.39, 0.29) is 16.9 Å². The van der Waals surface area contributed by atoms with Gasteiger partial charge >= 0.3 is 0 Å². The van der Waals surface area contributed by atoms with Gasteiger partial charge in [-0.25, -0.2) is 0 Å². The summed E-state index contributed by atoms with van der Waals surface area (Å²) >= 11 is 0. The van der Waals surface area contributed by atoms with Crippen LogP contribution in [-0.2, 0) is 26.3 Å². The van der Waals surface area contributed by atoms with Crippen molar-refractivity contribution in [2.75, 3.05) is 47.6 Å². The topological polar surface area (TPSA) is 57.2 Å². The molecule has 3 aliphatic rings. The minimum absolute atomic E-state index is 0.263. The highest BCUT2D eigenvalue weighted by molar-refractivity contribution is 5.84. The van der Waals surface area contributed by atoms with Gasteiger partial charge in [0, 0.05) is 20.2 Å². The molecule has 0 bridgehead atoms. The summed E-state index contributed by atoms with van der Waals surface area (Å²) in [5, 5.41) is 0. The lowest BCUT2D eigenvalue weighted by Crippen LogP contribution is -2.55. The molecule has 0 unspecified atom stereocenters. The van der Waals surface area contributed by atoms with Gasteiger partial charge in [0.2, 0.25) is 5.91 Å². The van der Waals surface area contributed by atoms with Crippen LogP contribution >= 0.6 is 0 Å². The summed E-state index contributed by atoms with van der Waals surface area (Å²) in [6, 6.07) is 4.15. The highest BCUT2D eigenvalue weighted by Crippen LogP contribution is 2.47. The van der Waals surface area contributed by atoms with E-state index in [1.54, 1.807) is 21.3 Å². The van der Waals surface area contributed by atoms with Gasteiger partial charge < -0.3 is 23.8 Å². The Hall–Kier alpha value is -1.79. The number of hydrogen-bond donors (Lipinski definition) is 0. The third-order valence-corrected chi connectivity index (χ3v) is 6.89. The fourth-order valence-electron chi connectivity index (χ4n) is 5.11. The summed E-state index contributed by atoms with van der Waals surface area (Å²) < 4.78 is 22.7. The highest BCUT2D eigenvalue weighted by atomic mass is 16.5. The molecule has 2 fully saturated rings. The molecule has 4 rings (SSSR count). The predicted octanol–water partition coefficient (Wildman–Crippen LogP) is 2.91. The van der Waals surface area contributed by atoms with Crippen molar-refractivity contribution in [2.45, 2.75) is 44.1 Å². The number of methoxy groups -OCH3 is 3. The molecule has 0 N–H and O–H groups in total. The van der Waals surface area contributed by atoms with Crippen molar-refractivity contribution in [2.24, 2.45) is 5.41 Å². The summed E-state index contributed by atoms with van der Waals surface area (Å²) in [5.41, 5.74) is 1.83. The molecule has 1 saturated heterocycles. The molecule has 1 spiro atoms. The van der Waals surface area contributed by atoms with Gasteiger partial charge in [-0.3, -0.25) is 4.79 Å². The zero-order valence-electron chi connectivity index (χ0n) is 17.2. The van der Waals surface area contributed by atoms with Crippen LogP contribution in [0.15, 0.2) is 12.1 Å². The van der Waals surface area contributed by atoms with Crippen molar-refractivity contribution in [1.82, 2.24) is 4.90 Å². The molecule has 0 radical (unpaired) electrons. The zero-order chi connectivity index (χ0) is 19.8. The van der Waals surface area contributed by atoms with Gasteiger partial charge in [-0.15, -0.1) is 0 Å². The summed E-state index contributed by atoms with van der Waals surface area (Å²) in [6.07, 6.45) is 5.49. The minimum atomic E-state index is -0.335. The van der Waals surface area contributed by atoms with Crippen LogP contribution in [0.5, 0.6) is 11.5 Å². The Labute approximate surface area is 167 Å². The van der Waals surface area contributed by atoms with Crippen molar-refractivity contribution in [3.63, 3.8) is 0 Å². The number of rotatable bonds is 5. The van der Waals surface area contributed by atoms with E-state index in [1.807, 2.05) is 4.90 Å². The maximum absolute atomic E-state index is 13.2. The average molecular weight is 389 g/mol. The SMILES string of the molecule is COCC1(C(=O)N2CCC3(CC2)OCCc2cc(OC)c(OC)cc23)CCC1. The predicted molar refractivity (Wildman–Crippen MR) is 105 cm³/mol. The molecule has 1 amide bonds. The quantitative estimate of drug-likeness (QED) is 0.775. The molecule has 1 aromatic carbocycles. The molecule has 0 atom stereocenters. The highest BCUT2D eigenvalue weighted by Gasteiger charge is 2.49. The van der Waals surface area contributed by atoms with Gasteiger partial charge in [-0.1, -0.05) is 6.42 Å². The van der Waals surface area contributed by atoms with Crippen LogP contribution in [0, 0.1) is 5.41 Å². The normalized spacial score (nSPS) is 22.3. The van der Waals surface area contributed by atoms with Crippen molar-refractivity contribution < 1.29 is 23.7 Å². The molecule has 28 heavy (non-hydrogen) atoms. The van der Waals surface area contributed by atoms with E-state index in [2.05, 4.69) is 12.1 Å². The van der Waals surface area contributed by atoms with E-state index in [1.165, 1.54) is 11.1 Å². The number of ether oxygens (including phenoxy) is 4. The Morgan fingerprint density at radius 2 is 1.75 bits per heavy atom. The number of carbonyl (C=O) groups excluding carboxylic acids is 1. The molecule has 1 saturated carbocycles. The molecule has 0 aromatic heterocycles. The van der Waals surface area contributed by atoms with Gasteiger partial charge in [0.05, 0.1) is 38.4 Å². The maximum atomic E-state index is 13.2. The van der Waals surface area contributed by atoms with E-state index in [0.717, 1.165) is 63.1 Å². The standard InChI is InChI=1S/C22H31NO5/c1-25-15-21(6-4-7-21)20(24)23-10-8-22(9-11-23)17-14-19(27-3)18(26-2)13-16(17)5-12-28-22/h13-14H,4-12,15H2,1-3H3. The largest absolute Gasteiger partial charge is 0.493 e. The van der Waals surface area contributed by atoms with E-state index >= 15 is 0 Å². The number of amides is 1. The molecule has 154 valence electrons. The molecule has 6 heteroatoms. The number of fused-ring (bicyclic) bond motifs is 2. The third kappa shape index (κ3) is 3.07. The first-order valence-electron chi connectivity index (χ1n) is 10.3. The van der Waals surface area contributed by atoms with Crippen LogP contribution < -0.4 is 9.47 Å². The van der Waals surface area contributed by atoms with Crippen LogP contribution in [0.3, 0.4) is 0 Å². The van der Waals surface area contributed by atoms with Crippen LogP contribution in [0.1, 0.15) is 43.2 Å². The number of nitrogens with zero attached hydrogens (tertiary/aromatic N) is 1. The van der Waals surface area contributed by atoms with Crippen LogP contribution in [-0.4, -0.2) is 58.4 Å². The number of piperidine rings is 1. The van der Waals surface area contributed by atoms with Gasteiger partial charge in [-0.05, 0) is 55.4 Å². The lowest BCUT2D eigenvalue weighted by Gasteiger charge is -2.48. The van der Waals surface area contributed by atoms with Gasteiger partial charge in [0.25, 0.3) is 0 Å². The molecule has 1 aromatic rings. The van der Waals surface area contributed by atoms with Crippen LogP contribution in [0.25, 0.3) is 0 Å². The first kappa shape index (κ1) is 19.5. The molecular formula is C22H31NO5. The molecule has 2 aliphatic heterocycles. The van der Waals surface area contributed by atoms with Gasteiger partial charge in [0.1, 0.15) is 0 Å². The Kier molecular flexibility index (Phi) is 5.27. The summed E-state index contributed by atoms with van der Waals surface area (Å²) in [7, 11) is 5.02. The molecular weight excluding hydrogens is 358 g/mol. The third-order valence-electron chi connectivity index (χ3n) is 6.89. The molecule has 2 heterocycles. The second-order valence-electron chi connectivity index (χ2n) is 8.32. The van der Waals surface area contributed by atoms with E-state index in [4.69, 9.17) is 18.9 Å². The van der Waals surface area contributed by atoms with E-state index in [9.17, 15) is 4.79 Å². The number of benzene rings is 1. The average Bonchev–Trinajstić information content (AvgIpc) is 2.70. The Morgan fingerprint density at radius 1 is 1.07 bits per heavy atom. The smallest absolute Gasteiger partial charge is 0.231 e. The monoisotopic (exact) mass is 389 g/mol. The van der Waals surface area contributed by atoms with Crippen LogP contribution in [0.2, 0.25) is 0 Å². The number of carbonyl (C=O) groups is 1. The van der Waals surface area contributed by atoms with Gasteiger partial charge in [-0.2, -0.15) is 0 Å². The second kappa shape index (κ2) is 7.56. The molecule has 1 aliphatic carbocycles. The summed E-state index contributed by atoms with van der Waals surface area (Å²) in [4.78, 5) is 15.2. The fraction of sp³-hybridized carbons (Fsp3) is 0.682. The molecule has 6 nitrogen and oxygen atoms in total. The summed E-state index contributed by atoms with van der Waals surface area (Å²) in [5.74, 6) is 1.76. The second-order valence-corrected chi connectivity index (χ2v) is 8.32. The summed E-state index contributed by atoms with van der Waals surface area (Å²) in [6.45, 7) is 2.67. The lowest BCUT2D eigenvalue weighted by molar-refractivity contribution is -0.159. The Bertz CT molecular complexity index is 735. The Morgan fingerprint density at radius 3 is 2.32 bits per heavy atom. The van der Waals surface area contributed by atoms with Crippen molar-refractivity contribution in [1.29, 1.82) is 0 Å². The first-order chi connectivity index (χ1) is 13.6. The van der Waals surface area contributed by atoms with Crippen molar-refractivity contribution in [3.05, 3.63) is 23.3 Å². The van der Waals surface area contributed by atoms with Crippen molar-refractivity contribution >= 4 is 5.91 Å². The minimum Gasteiger partial charge on any atom is -0.493 e. The van der Waals surface area contributed by atoms with Crippen LogP contribution in [0.4, 0.5) is 0 Å². The number of hydrogen-bond acceptors (Lipinski definition) is 5. The van der Waals surface area contributed by atoms with E-state index in [0.29, 0.717) is 13.2 Å². The van der Waals surface area contributed by atoms with E-state index < -0.39 is 0 Å². The lowest BCUT2D eigenvalue weighted by atomic mass is 9.68. The van der Waals surface area contributed by atoms with Gasteiger partial charge in [0.15, 0.2) is 11.5 Å². The van der Waals surface area contributed by atoms with Crippen molar-refractivity contribution in [3.8, 4) is 11.5 Å². The number of likely N-dealkylation sites (tertiary alicyclic amines) is 1. The fourth-order valence-corrected chi connectivity index (χ4v) is 5.11. The maximum Gasteiger partial charge on any atom is 0.231 e. The first-order valence-corrected chi connectivity index (χ1v) is 10.3.